The molecule has 2 N–H and O–H groups in total. The molecule has 0 spiro atoms. The number of halogens is 3. The molecule has 1 aliphatic heterocycles. The lowest BCUT2D eigenvalue weighted by Crippen LogP contribution is -2.65. The number of aromatic nitrogens is 6. The van der Waals surface area contributed by atoms with Crippen molar-refractivity contribution in [1.82, 2.24) is 34.3 Å². The van der Waals surface area contributed by atoms with Gasteiger partial charge >= 0.3 is 6.18 Å². The first kappa shape index (κ1) is 26.6. The largest absolute Gasteiger partial charge is 0.408 e. The lowest BCUT2D eigenvalue weighted by atomic mass is 9.96. The van der Waals surface area contributed by atoms with E-state index in [-0.39, 0.29) is 23.6 Å². The molecule has 1 fully saturated rings. The van der Waals surface area contributed by atoms with Gasteiger partial charge in [-0.3, -0.25) is 19.4 Å². The first-order valence-electron chi connectivity index (χ1n) is 12.2. The smallest absolute Gasteiger partial charge is 0.382 e. The summed E-state index contributed by atoms with van der Waals surface area (Å²) in [5, 5.41) is 8.17. The number of nitrogen functional groups attached to an aromatic ring is 1. The number of piperazine rings is 1. The van der Waals surface area contributed by atoms with Crippen molar-refractivity contribution in [2.75, 3.05) is 30.8 Å². The van der Waals surface area contributed by atoms with Crippen LogP contribution in [-0.4, -0.2) is 78.3 Å². The quantitative estimate of drug-likeness (QED) is 0.394. The van der Waals surface area contributed by atoms with Crippen LogP contribution in [0.3, 0.4) is 0 Å². The molecule has 0 radical (unpaired) electrons. The van der Waals surface area contributed by atoms with E-state index >= 15 is 0 Å². The third-order valence-corrected chi connectivity index (χ3v) is 7.07. The Bertz CT molecular complexity index is 1530. The number of anilines is 2. The Morgan fingerprint density at radius 3 is 2.64 bits per heavy atom. The number of methoxy groups -OCH3 is 1. The summed E-state index contributed by atoms with van der Waals surface area (Å²) in [6, 6.07) is 4.95. The Hall–Kier alpha value is -4.04. The lowest BCUT2D eigenvalue weighted by Gasteiger charge is -2.47. The number of carbonyl (C=O) groups is 1. The number of amides is 1. The zero-order valence-corrected chi connectivity index (χ0v) is 21.8. The molecule has 0 bridgehead atoms. The molecule has 4 aromatic rings. The van der Waals surface area contributed by atoms with E-state index in [1.165, 1.54) is 23.1 Å². The van der Waals surface area contributed by atoms with E-state index in [4.69, 9.17) is 10.5 Å². The minimum absolute atomic E-state index is 0.0930. The molecule has 0 aliphatic carbocycles. The molecule has 1 saturated heterocycles. The van der Waals surface area contributed by atoms with Gasteiger partial charge in [-0.2, -0.15) is 23.4 Å². The number of fused-ring (bicyclic) bond motifs is 1. The fraction of sp³-hybridized carbons (Fsp3) is 0.400. The summed E-state index contributed by atoms with van der Waals surface area (Å²) in [4.78, 5) is 25.6. The molecule has 14 heteroatoms. The number of alkyl halides is 3. The van der Waals surface area contributed by atoms with Gasteiger partial charge in [0.05, 0.1) is 28.8 Å². The van der Waals surface area contributed by atoms with E-state index < -0.39 is 18.3 Å². The number of pyridine rings is 1. The first-order valence-corrected chi connectivity index (χ1v) is 12.2. The maximum atomic E-state index is 13.6. The topological polar surface area (TPSA) is 120 Å². The van der Waals surface area contributed by atoms with Gasteiger partial charge in [-0.05, 0) is 39.0 Å². The van der Waals surface area contributed by atoms with Crippen LogP contribution in [0.5, 0.6) is 0 Å². The average molecular weight is 544 g/mol. The van der Waals surface area contributed by atoms with Gasteiger partial charge in [-0.1, -0.05) is 0 Å². The Morgan fingerprint density at radius 1 is 1.15 bits per heavy atom. The summed E-state index contributed by atoms with van der Waals surface area (Å²) < 4.78 is 47.5. The Morgan fingerprint density at radius 2 is 1.92 bits per heavy atom. The number of nitrogens with two attached hydrogens (primary N) is 1. The molecule has 5 heterocycles. The van der Waals surface area contributed by atoms with Crippen molar-refractivity contribution in [3.8, 4) is 22.5 Å². The standard InChI is InChI=1S/C25H28F3N9O2/c1-15(39-4)35-8-7-34(23(38)24(35,2)3)17-9-16(11-30-12-17)20-10-18(21-22(29)31-14-33-37(20)21)19-5-6-32-36(19)13-25(26,27)28/h5-6,9-12,14-15H,7-8,13H2,1-4H3,(H2,29,31,33). The van der Waals surface area contributed by atoms with Crippen molar-refractivity contribution in [2.24, 2.45) is 0 Å². The molecule has 39 heavy (non-hydrogen) atoms. The van der Waals surface area contributed by atoms with Crippen LogP contribution >= 0.6 is 0 Å². The molecule has 1 atom stereocenters. The summed E-state index contributed by atoms with van der Waals surface area (Å²) in [6.45, 7) is 5.35. The Labute approximate surface area is 222 Å². The zero-order chi connectivity index (χ0) is 28.1. The fourth-order valence-corrected chi connectivity index (χ4v) is 5.09. The monoisotopic (exact) mass is 543 g/mol. The highest BCUT2D eigenvalue weighted by molar-refractivity contribution is 6.01. The Balaban J connectivity index is 1.58. The van der Waals surface area contributed by atoms with Crippen LogP contribution in [0.1, 0.15) is 20.8 Å². The van der Waals surface area contributed by atoms with Crippen LogP contribution < -0.4 is 10.6 Å². The molecule has 4 aromatic heterocycles. The normalized spacial score (nSPS) is 17.2. The van der Waals surface area contributed by atoms with E-state index in [9.17, 15) is 18.0 Å². The number of ether oxygens (including phenoxy) is 1. The van der Waals surface area contributed by atoms with Crippen LogP contribution in [0.15, 0.2) is 43.1 Å². The minimum atomic E-state index is -4.47. The van der Waals surface area contributed by atoms with Crippen LogP contribution in [0.2, 0.25) is 0 Å². The van der Waals surface area contributed by atoms with E-state index in [1.54, 1.807) is 36.5 Å². The number of carbonyl (C=O) groups excluding carboxylic acids is 1. The highest BCUT2D eigenvalue weighted by Crippen LogP contribution is 2.37. The van der Waals surface area contributed by atoms with Gasteiger partial charge in [-0.15, -0.1) is 0 Å². The minimum Gasteiger partial charge on any atom is -0.382 e. The molecule has 5 rings (SSSR count). The Kier molecular flexibility index (Phi) is 6.55. The summed E-state index contributed by atoms with van der Waals surface area (Å²) >= 11 is 0. The maximum absolute atomic E-state index is 13.6. The predicted molar refractivity (Wildman–Crippen MR) is 138 cm³/mol. The average Bonchev–Trinajstić information content (AvgIpc) is 3.49. The van der Waals surface area contributed by atoms with Gasteiger partial charge in [-0.25, -0.2) is 9.50 Å². The number of rotatable bonds is 6. The van der Waals surface area contributed by atoms with Crippen molar-refractivity contribution in [2.45, 2.75) is 45.3 Å². The second-order valence-electron chi connectivity index (χ2n) is 9.81. The van der Waals surface area contributed by atoms with Gasteiger partial charge in [0.2, 0.25) is 5.91 Å². The number of hydrogen-bond acceptors (Lipinski definition) is 8. The molecule has 1 unspecified atom stereocenters. The van der Waals surface area contributed by atoms with Gasteiger partial charge in [0.25, 0.3) is 0 Å². The summed E-state index contributed by atoms with van der Waals surface area (Å²) in [5.41, 5.74) is 7.96. The van der Waals surface area contributed by atoms with Crippen molar-refractivity contribution >= 4 is 22.9 Å². The molecular weight excluding hydrogens is 515 g/mol. The molecule has 0 saturated carbocycles. The van der Waals surface area contributed by atoms with E-state index in [0.717, 1.165) is 4.68 Å². The summed E-state index contributed by atoms with van der Waals surface area (Å²) in [7, 11) is 1.60. The molecular formula is C25H28F3N9O2. The van der Waals surface area contributed by atoms with Crippen molar-refractivity contribution in [1.29, 1.82) is 0 Å². The third-order valence-electron chi connectivity index (χ3n) is 7.07. The SMILES string of the molecule is COC(C)N1CCN(c2cncc(-c3cc(-c4ccnn4CC(F)(F)F)c4c(N)ncnn34)c2)C(=O)C1(C)C. The molecule has 1 aliphatic rings. The summed E-state index contributed by atoms with van der Waals surface area (Å²) in [6.07, 6.45) is 1.05. The number of hydrogen-bond donors (Lipinski definition) is 1. The molecule has 206 valence electrons. The van der Waals surface area contributed by atoms with Crippen LogP contribution in [0, 0.1) is 0 Å². The predicted octanol–water partition coefficient (Wildman–Crippen LogP) is 3.22. The highest BCUT2D eigenvalue weighted by Gasteiger charge is 2.44. The van der Waals surface area contributed by atoms with Gasteiger partial charge in [0, 0.05) is 43.7 Å². The number of nitrogens with zero attached hydrogens (tertiary/aromatic N) is 8. The second kappa shape index (κ2) is 9.61. The first-order chi connectivity index (χ1) is 18.4. The maximum Gasteiger partial charge on any atom is 0.408 e. The summed E-state index contributed by atoms with van der Waals surface area (Å²) in [5.74, 6) is -0.0182. The highest BCUT2D eigenvalue weighted by atomic mass is 19.4. The van der Waals surface area contributed by atoms with E-state index in [0.29, 0.717) is 41.1 Å². The zero-order valence-electron chi connectivity index (χ0n) is 21.8. The fourth-order valence-electron chi connectivity index (χ4n) is 5.09. The van der Waals surface area contributed by atoms with Crippen molar-refractivity contribution in [3.63, 3.8) is 0 Å². The van der Waals surface area contributed by atoms with Crippen LogP contribution in [-0.2, 0) is 16.1 Å². The van der Waals surface area contributed by atoms with Gasteiger partial charge < -0.3 is 15.4 Å². The van der Waals surface area contributed by atoms with Gasteiger partial charge in [0.15, 0.2) is 5.82 Å². The van der Waals surface area contributed by atoms with Gasteiger partial charge in [0.1, 0.15) is 24.6 Å². The van der Waals surface area contributed by atoms with Crippen LogP contribution in [0.25, 0.3) is 28.0 Å². The molecule has 1 amide bonds. The van der Waals surface area contributed by atoms with Crippen molar-refractivity contribution < 1.29 is 22.7 Å². The molecule has 11 nitrogen and oxygen atoms in total. The molecule has 0 aromatic carbocycles. The van der Waals surface area contributed by atoms with E-state index in [2.05, 4.69) is 20.2 Å². The van der Waals surface area contributed by atoms with E-state index in [1.807, 2.05) is 25.7 Å². The van der Waals surface area contributed by atoms with Crippen molar-refractivity contribution in [3.05, 3.63) is 43.1 Å². The second-order valence-corrected chi connectivity index (χ2v) is 9.81. The third kappa shape index (κ3) is 4.69. The lowest BCUT2D eigenvalue weighted by molar-refractivity contribution is -0.143. The van der Waals surface area contributed by atoms with Crippen LogP contribution in [0.4, 0.5) is 24.7 Å².